The highest BCUT2D eigenvalue weighted by molar-refractivity contribution is 7.26. The van der Waals surface area contributed by atoms with Gasteiger partial charge in [-0.25, -0.2) is 0 Å². The predicted molar refractivity (Wildman–Crippen MR) is 231 cm³/mol. The Morgan fingerprint density at radius 1 is 0.364 bits per heavy atom. The summed E-state index contributed by atoms with van der Waals surface area (Å²) in [5.74, 6) is 3.70. The maximum absolute atomic E-state index is 6.86. The molecule has 8 aromatic carbocycles. The van der Waals surface area contributed by atoms with Crippen molar-refractivity contribution in [2.24, 2.45) is 0 Å². The predicted octanol–water partition coefficient (Wildman–Crippen LogP) is 8.86. The number of rotatable bonds is 2. The SMILES string of the molecule is c1ccc(N2c3ccccc3B3c4cc5c(cc4Oc4cccc2c43)sc2cc3c(cc25)B2c4ccccc4N(c4ccccc4)c4cccc(c42)O3)cc1. The van der Waals surface area contributed by atoms with E-state index in [1.807, 2.05) is 11.3 Å². The van der Waals surface area contributed by atoms with Crippen LogP contribution >= 0.6 is 11.3 Å². The molecule has 7 heteroatoms. The molecule has 0 bridgehead atoms. The van der Waals surface area contributed by atoms with Gasteiger partial charge in [-0.3, -0.25) is 0 Å². The smallest absolute Gasteiger partial charge is 0.256 e. The lowest BCUT2D eigenvalue weighted by atomic mass is 9.34. The van der Waals surface area contributed by atoms with Crippen molar-refractivity contribution in [2.45, 2.75) is 0 Å². The fraction of sp³-hybridized carbons (Fsp3) is 0. The monoisotopic (exact) mass is 718 g/mol. The number of nitrogens with zero attached hydrogens (tertiary/aromatic N) is 2. The fourth-order valence-corrected chi connectivity index (χ4v) is 10.9. The quantitative estimate of drug-likeness (QED) is 0.167. The molecule has 0 aliphatic carbocycles. The van der Waals surface area contributed by atoms with Crippen LogP contribution in [0.1, 0.15) is 0 Å². The molecule has 4 aliphatic rings. The second kappa shape index (κ2) is 10.9. The van der Waals surface area contributed by atoms with Crippen molar-refractivity contribution in [2.75, 3.05) is 9.80 Å². The van der Waals surface area contributed by atoms with Crippen LogP contribution in [0.5, 0.6) is 23.0 Å². The van der Waals surface area contributed by atoms with Crippen molar-refractivity contribution in [1.82, 2.24) is 0 Å². The van der Waals surface area contributed by atoms with Crippen molar-refractivity contribution in [3.8, 4) is 23.0 Å². The molecule has 13 rings (SSSR count). The van der Waals surface area contributed by atoms with Gasteiger partial charge in [0.1, 0.15) is 23.0 Å². The molecular weight excluding hydrogens is 690 g/mol. The molecule has 0 spiro atoms. The summed E-state index contributed by atoms with van der Waals surface area (Å²) in [5.41, 5.74) is 14.4. The summed E-state index contributed by atoms with van der Waals surface area (Å²) in [6.45, 7) is 0.0742. The number of benzene rings is 8. The molecule has 0 radical (unpaired) electrons. The van der Waals surface area contributed by atoms with Crippen LogP contribution in [-0.2, 0) is 0 Å². The zero-order valence-electron chi connectivity index (χ0n) is 29.4. The van der Waals surface area contributed by atoms with Gasteiger partial charge in [-0.1, -0.05) is 97.1 Å². The summed E-state index contributed by atoms with van der Waals surface area (Å²) in [6, 6.07) is 61.4. The van der Waals surface area contributed by atoms with Gasteiger partial charge in [0, 0.05) is 54.3 Å². The maximum atomic E-state index is 6.86. The van der Waals surface area contributed by atoms with Crippen LogP contribution in [0.15, 0.2) is 170 Å². The minimum atomic E-state index is 0.0371. The summed E-state index contributed by atoms with van der Waals surface area (Å²) in [7, 11) is 0. The highest BCUT2D eigenvalue weighted by Gasteiger charge is 2.44. The minimum Gasteiger partial charge on any atom is -0.458 e. The summed E-state index contributed by atoms with van der Waals surface area (Å²) >= 11 is 1.81. The van der Waals surface area contributed by atoms with Gasteiger partial charge in [-0.2, -0.15) is 0 Å². The second-order valence-electron chi connectivity index (χ2n) is 14.8. The third kappa shape index (κ3) is 4.03. The Morgan fingerprint density at radius 2 is 0.782 bits per heavy atom. The Labute approximate surface area is 322 Å². The lowest BCUT2D eigenvalue weighted by molar-refractivity contribution is 0.488. The molecule has 0 saturated carbocycles. The van der Waals surface area contributed by atoms with Crippen LogP contribution in [0.4, 0.5) is 34.1 Å². The van der Waals surface area contributed by atoms with Crippen LogP contribution < -0.4 is 52.1 Å². The average Bonchev–Trinajstić information content (AvgIpc) is 3.58. The first-order valence-corrected chi connectivity index (χ1v) is 19.6. The Morgan fingerprint density at radius 3 is 1.25 bits per heavy atom. The highest BCUT2D eigenvalue weighted by Crippen LogP contribution is 2.45. The molecule has 5 heterocycles. The van der Waals surface area contributed by atoms with E-state index in [1.54, 1.807) is 0 Å². The largest absolute Gasteiger partial charge is 0.458 e. The van der Waals surface area contributed by atoms with Gasteiger partial charge >= 0.3 is 0 Å². The Hall–Kier alpha value is -6.69. The number of ether oxygens (including phenoxy) is 2. The third-order valence-electron chi connectivity index (χ3n) is 11.9. The van der Waals surface area contributed by atoms with Crippen molar-refractivity contribution in [3.63, 3.8) is 0 Å². The van der Waals surface area contributed by atoms with Crippen LogP contribution in [0.3, 0.4) is 0 Å². The summed E-state index contributed by atoms with van der Waals surface area (Å²) < 4.78 is 16.1. The number of thiophene rings is 1. The number of hydrogen-bond donors (Lipinski definition) is 0. The zero-order chi connectivity index (χ0) is 35.8. The third-order valence-corrected chi connectivity index (χ3v) is 13.1. The first kappa shape index (κ1) is 29.7. The minimum absolute atomic E-state index is 0.0371. The van der Waals surface area contributed by atoms with Gasteiger partial charge in [0.2, 0.25) is 0 Å². The molecule has 254 valence electrons. The summed E-state index contributed by atoms with van der Waals surface area (Å²) in [4.78, 5) is 4.77. The van der Waals surface area contributed by atoms with Crippen molar-refractivity contribution in [1.29, 1.82) is 0 Å². The van der Waals surface area contributed by atoms with E-state index >= 15 is 0 Å². The summed E-state index contributed by atoms with van der Waals surface area (Å²) in [5, 5.41) is 2.51. The topological polar surface area (TPSA) is 24.9 Å². The molecule has 4 nitrogen and oxygen atoms in total. The molecule has 0 atom stereocenters. The van der Waals surface area contributed by atoms with Crippen LogP contribution in [0.25, 0.3) is 20.2 Å². The van der Waals surface area contributed by atoms with E-state index in [0.29, 0.717) is 0 Å². The number of fused-ring (bicyclic) bond motifs is 11. The lowest BCUT2D eigenvalue weighted by Gasteiger charge is -2.40. The van der Waals surface area contributed by atoms with E-state index in [0.717, 1.165) is 45.7 Å². The Kier molecular flexibility index (Phi) is 5.91. The summed E-state index contributed by atoms with van der Waals surface area (Å²) in [6.07, 6.45) is 0. The number of para-hydroxylation sites is 4. The molecular formula is C48H28B2N2O2S. The molecule has 0 unspecified atom stereocenters. The van der Waals surface area contributed by atoms with E-state index in [-0.39, 0.29) is 13.4 Å². The highest BCUT2D eigenvalue weighted by atomic mass is 32.1. The van der Waals surface area contributed by atoms with E-state index < -0.39 is 0 Å². The molecule has 55 heavy (non-hydrogen) atoms. The molecule has 0 fully saturated rings. The first-order valence-electron chi connectivity index (χ1n) is 18.8. The normalized spacial score (nSPS) is 14.0. The zero-order valence-corrected chi connectivity index (χ0v) is 30.3. The first-order chi connectivity index (χ1) is 27.3. The van der Waals surface area contributed by atoms with E-state index in [1.165, 1.54) is 64.3 Å². The van der Waals surface area contributed by atoms with E-state index in [4.69, 9.17) is 9.47 Å². The van der Waals surface area contributed by atoms with Gasteiger partial charge in [-0.15, -0.1) is 11.3 Å². The van der Waals surface area contributed by atoms with E-state index in [2.05, 4.69) is 180 Å². The molecule has 0 saturated heterocycles. The lowest BCUT2D eigenvalue weighted by Crippen LogP contribution is -2.59. The number of anilines is 6. The van der Waals surface area contributed by atoms with Crippen molar-refractivity contribution >= 4 is 112 Å². The van der Waals surface area contributed by atoms with Crippen LogP contribution in [0, 0.1) is 0 Å². The standard InChI is InChI=1S/C48H28B2N2O2S/c1-3-13-29(14-4-1)51-37-19-9-7-17-33(37)49-35-25-31-32-26-36-44(28-46(32)55-45(31)27-43(35)53-41-23-11-21-39(51)47(41)49)54-42-24-12-22-40-48(42)50(36)34-18-8-10-20-38(34)52(40)30-15-5-2-6-16-30/h1-28H. The molecule has 9 aromatic rings. The average molecular weight is 718 g/mol. The van der Waals surface area contributed by atoms with Crippen LogP contribution in [0.2, 0.25) is 0 Å². The molecule has 0 N–H and O–H groups in total. The van der Waals surface area contributed by atoms with Gasteiger partial charge in [0.25, 0.3) is 13.4 Å². The molecule has 1 aromatic heterocycles. The molecule has 0 amide bonds. The van der Waals surface area contributed by atoms with Gasteiger partial charge < -0.3 is 19.3 Å². The van der Waals surface area contributed by atoms with Crippen molar-refractivity contribution < 1.29 is 9.47 Å². The molecule has 4 aliphatic heterocycles. The Bertz CT molecular complexity index is 2890. The second-order valence-corrected chi connectivity index (χ2v) is 15.9. The van der Waals surface area contributed by atoms with Gasteiger partial charge in [0.05, 0.1) is 0 Å². The van der Waals surface area contributed by atoms with Crippen LogP contribution in [-0.4, -0.2) is 13.4 Å². The number of hydrogen-bond acceptors (Lipinski definition) is 5. The van der Waals surface area contributed by atoms with Crippen molar-refractivity contribution in [3.05, 3.63) is 170 Å². The van der Waals surface area contributed by atoms with Gasteiger partial charge in [-0.05, 0) is 106 Å². The van der Waals surface area contributed by atoms with E-state index in [9.17, 15) is 0 Å². The van der Waals surface area contributed by atoms with Gasteiger partial charge in [0.15, 0.2) is 0 Å². The fourth-order valence-electron chi connectivity index (χ4n) is 9.74. The maximum Gasteiger partial charge on any atom is 0.256 e. The Balaban J connectivity index is 1.02.